The Labute approximate surface area is 136 Å². The molecule has 0 amide bonds. The van der Waals surface area contributed by atoms with E-state index in [2.05, 4.69) is 52.8 Å². The zero-order chi connectivity index (χ0) is 16.4. The Morgan fingerprint density at radius 3 is 2.57 bits per heavy atom. The number of rotatable bonds is 5. The highest BCUT2D eigenvalue weighted by Crippen LogP contribution is 2.30. The number of hydrogen-bond acceptors (Lipinski definition) is 4. The van der Waals surface area contributed by atoms with Gasteiger partial charge in [0.25, 0.3) is 0 Å². The van der Waals surface area contributed by atoms with Crippen LogP contribution in [0.5, 0.6) is 0 Å². The van der Waals surface area contributed by atoms with Crippen LogP contribution in [-0.4, -0.2) is 46.7 Å². The Kier molecular flexibility index (Phi) is 4.25. The number of hydrogen-bond donors (Lipinski definition) is 2. The van der Waals surface area contributed by atoms with Crippen LogP contribution in [-0.2, 0) is 0 Å². The lowest BCUT2D eigenvalue weighted by Gasteiger charge is -2.10. The molecule has 3 rings (SSSR count). The minimum absolute atomic E-state index is 0.882. The Bertz CT molecular complexity index is 807. The molecular weight excluding hydrogens is 288 g/mol. The molecule has 0 aliphatic heterocycles. The van der Waals surface area contributed by atoms with Gasteiger partial charge in [-0.25, -0.2) is 9.97 Å². The standard InChI is InChI=1S/C17H22N6/c1-12-13(2)23(14-5-7-18-8-6-14)17-15(12)16(20-11-21-17)19-9-10-22(3)4/h5-8,11H,9-10H2,1-4H3,(H,19,20,21)/p+1. The topological polar surface area (TPSA) is 60.1 Å². The van der Waals surface area contributed by atoms with E-state index in [-0.39, 0.29) is 0 Å². The van der Waals surface area contributed by atoms with Gasteiger partial charge in [-0.05, 0) is 31.5 Å². The molecule has 0 aromatic carbocycles. The third-order valence-corrected chi connectivity index (χ3v) is 4.13. The zero-order valence-electron chi connectivity index (χ0n) is 14.1. The molecule has 3 aromatic heterocycles. The van der Waals surface area contributed by atoms with Gasteiger partial charge in [0.05, 0.1) is 38.3 Å². The lowest BCUT2D eigenvalue weighted by atomic mass is 10.2. The van der Waals surface area contributed by atoms with Crippen LogP contribution in [0.4, 0.5) is 5.82 Å². The molecule has 3 heterocycles. The predicted molar refractivity (Wildman–Crippen MR) is 92.3 cm³/mol. The van der Waals surface area contributed by atoms with E-state index in [4.69, 9.17) is 0 Å². The molecule has 120 valence electrons. The molecule has 23 heavy (non-hydrogen) atoms. The maximum absolute atomic E-state index is 4.53. The van der Waals surface area contributed by atoms with Crippen LogP contribution in [0.15, 0.2) is 30.9 Å². The van der Waals surface area contributed by atoms with Gasteiger partial charge < -0.3 is 10.2 Å². The number of likely N-dealkylation sites (N-methyl/N-ethyl adjacent to an activating group) is 1. The number of nitrogens with one attached hydrogen (secondary N) is 2. The van der Waals surface area contributed by atoms with Crippen molar-refractivity contribution in [2.45, 2.75) is 13.8 Å². The van der Waals surface area contributed by atoms with E-state index >= 15 is 0 Å². The Balaban J connectivity index is 2.09. The van der Waals surface area contributed by atoms with Gasteiger partial charge >= 0.3 is 0 Å². The Morgan fingerprint density at radius 2 is 1.87 bits per heavy atom. The van der Waals surface area contributed by atoms with E-state index in [1.165, 1.54) is 16.2 Å². The maximum Gasteiger partial charge on any atom is 0.150 e. The fourth-order valence-corrected chi connectivity index (χ4v) is 2.77. The summed E-state index contributed by atoms with van der Waals surface area (Å²) in [5, 5.41) is 4.55. The number of pyridine rings is 1. The number of fused-ring (bicyclic) bond motifs is 1. The van der Waals surface area contributed by atoms with Crippen LogP contribution < -0.4 is 10.2 Å². The van der Waals surface area contributed by atoms with Gasteiger partial charge in [0, 0.05) is 18.1 Å². The summed E-state index contributed by atoms with van der Waals surface area (Å²) in [6.07, 6.45) is 5.23. The quantitative estimate of drug-likeness (QED) is 0.738. The Morgan fingerprint density at radius 1 is 1.13 bits per heavy atom. The molecule has 6 nitrogen and oxygen atoms in total. The van der Waals surface area contributed by atoms with Gasteiger partial charge in [-0.3, -0.25) is 9.55 Å². The smallest absolute Gasteiger partial charge is 0.150 e. The molecule has 6 heteroatoms. The van der Waals surface area contributed by atoms with E-state index in [9.17, 15) is 0 Å². The summed E-state index contributed by atoms with van der Waals surface area (Å²) in [5.74, 6) is 0.907. The molecule has 0 bridgehead atoms. The molecule has 2 N–H and O–H groups in total. The largest absolute Gasteiger partial charge is 0.364 e. The van der Waals surface area contributed by atoms with Crippen molar-refractivity contribution in [2.75, 3.05) is 32.5 Å². The van der Waals surface area contributed by atoms with Crippen LogP contribution in [0.25, 0.3) is 16.7 Å². The molecule has 0 radical (unpaired) electrons. The van der Waals surface area contributed by atoms with Crippen molar-refractivity contribution in [3.8, 4) is 5.69 Å². The first kappa shape index (κ1) is 15.4. The van der Waals surface area contributed by atoms with Crippen LogP contribution in [0.3, 0.4) is 0 Å². The van der Waals surface area contributed by atoms with Crippen LogP contribution in [0, 0.1) is 13.8 Å². The highest BCUT2D eigenvalue weighted by molar-refractivity contribution is 5.93. The van der Waals surface area contributed by atoms with E-state index in [1.54, 1.807) is 18.7 Å². The first-order valence-corrected chi connectivity index (χ1v) is 7.85. The normalized spacial score (nSPS) is 11.3. The van der Waals surface area contributed by atoms with Gasteiger partial charge in [-0.15, -0.1) is 0 Å². The van der Waals surface area contributed by atoms with Crippen molar-refractivity contribution in [2.24, 2.45) is 0 Å². The fourth-order valence-electron chi connectivity index (χ4n) is 2.77. The minimum atomic E-state index is 0.882. The van der Waals surface area contributed by atoms with Gasteiger partial charge in [-0.1, -0.05) is 0 Å². The summed E-state index contributed by atoms with van der Waals surface area (Å²) in [4.78, 5) is 14.5. The average Bonchev–Trinajstić information content (AvgIpc) is 2.80. The summed E-state index contributed by atoms with van der Waals surface area (Å²) in [5.41, 5.74) is 4.38. The number of aromatic nitrogens is 4. The van der Waals surface area contributed by atoms with E-state index in [1.807, 2.05) is 12.1 Å². The second-order valence-electron chi connectivity index (χ2n) is 6.06. The molecule has 0 aliphatic carbocycles. The van der Waals surface area contributed by atoms with Crippen LogP contribution >= 0.6 is 0 Å². The van der Waals surface area contributed by atoms with Crippen LogP contribution in [0.2, 0.25) is 0 Å². The van der Waals surface area contributed by atoms with Crippen molar-refractivity contribution in [3.05, 3.63) is 42.1 Å². The molecule has 0 saturated carbocycles. The number of nitrogens with zero attached hydrogens (tertiary/aromatic N) is 4. The lowest BCUT2D eigenvalue weighted by molar-refractivity contribution is -0.856. The second-order valence-corrected chi connectivity index (χ2v) is 6.06. The number of aryl methyl sites for hydroxylation is 1. The first-order chi connectivity index (χ1) is 11.1. The second kappa shape index (κ2) is 6.34. The Hall–Kier alpha value is -2.47. The molecule has 0 saturated heterocycles. The fraction of sp³-hybridized carbons (Fsp3) is 0.353. The predicted octanol–water partition coefficient (Wildman–Crippen LogP) is 0.989. The summed E-state index contributed by atoms with van der Waals surface area (Å²) in [6, 6.07) is 3.99. The molecule has 0 aliphatic rings. The highest BCUT2D eigenvalue weighted by Gasteiger charge is 2.17. The third-order valence-electron chi connectivity index (χ3n) is 4.13. The molecule has 0 atom stereocenters. The molecule has 0 fully saturated rings. The molecule has 0 unspecified atom stereocenters. The zero-order valence-corrected chi connectivity index (χ0v) is 14.1. The minimum Gasteiger partial charge on any atom is -0.364 e. The monoisotopic (exact) mass is 311 g/mol. The first-order valence-electron chi connectivity index (χ1n) is 7.85. The SMILES string of the molecule is Cc1c(C)n(-c2ccncc2)c2ncnc(NCC[NH+](C)C)c12. The molecule has 3 aromatic rings. The summed E-state index contributed by atoms with van der Waals surface area (Å²) in [6.45, 7) is 6.16. The van der Waals surface area contributed by atoms with Crippen molar-refractivity contribution in [1.29, 1.82) is 0 Å². The maximum atomic E-state index is 4.53. The van der Waals surface area contributed by atoms with Gasteiger partial charge in [0.2, 0.25) is 0 Å². The van der Waals surface area contributed by atoms with Gasteiger partial charge in [-0.2, -0.15) is 0 Å². The molecule has 0 spiro atoms. The van der Waals surface area contributed by atoms with Gasteiger partial charge in [0.1, 0.15) is 12.1 Å². The number of quaternary nitrogens is 1. The van der Waals surface area contributed by atoms with E-state index < -0.39 is 0 Å². The van der Waals surface area contributed by atoms with Gasteiger partial charge in [0.15, 0.2) is 5.65 Å². The van der Waals surface area contributed by atoms with Crippen molar-refractivity contribution in [1.82, 2.24) is 19.5 Å². The van der Waals surface area contributed by atoms with Crippen molar-refractivity contribution >= 4 is 16.9 Å². The summed E-state index contributed by atoms with van der Waals surface area (Å²) < 4.78 is 2.16. The summed E-state index contributed by atoms with van der Waals surface area (Å²) >= 11 is 0. The van der Waals surface area contributed by atoms with E-state index in [0.29, 0.717) is 0 Å². The number of anilines is 1. The van der Waals surface area contributed by atoms with Crippen molar-refractivity contribution in [3.63, 3.8) is 0 Å². The van der Waals surface area contributed by atoms with E-state index in [0.717, 1.165) is 35.6 Å². The van der Waals surface area contributed by atoms with Crippen molar-refractivity contribution < 1.29 is 4.90 Å². The average molecular weight is 311 g/mol. The third kappa shape index (κ3) is 2.90. The summed E-state index contributed by atoms with van der Waals surface area (Å²) in [7, 11) is 4.29. The highest BCUT2D eigenvalue weighted by atomic mass is 15.1. The lowest BCUT2D eigenvalue weighted by Crippen LogP contribution is -3.06. The van der Waals surface area contributed by atoms with Crippen LogP contribution in [0.1, 0.15) is 11.3 Å². The molecular formula is C17H23N6+.